The van der Waals surface area contributed by atoms with Gasteiger partial charge in [0.1, 0.15) is 11.2 Å². The van der Waals surface area contributed by atoms with E-state index in [0.717, 1.165) is 93.8 Å². The number of aromatic nitrogens is 4. The first-order valence-corrected chi connectivity index (χ1v) is 20.4. The van der Waals surface area contributed by atoms with Gasteiger partial charge < -0.3 is 9.32 Å². The van der Waals surface area contributed by atoms with Crippen molar-refractivity contribution in [2.24, 2.45) is 0 Å². The van der Waals surface area contributed by atoms with E-state index in [2.05, 4.69) is 149 Å². The van der Waals surface area contributed by atoms with E-state index in [9.17, 15) is 0 Å². The fourth-order valence-corrected chi connectivity index (χ4v) is 8.89. The Morgan fingerprint density at radius 3 is 1.51 bits per heavy atom. The highest BCUT2D eigenvalue weighted by molar-refractivity contribution is 6.31. The van der Waals surface area contributed by atoms with E-state index in [-0.39, 0.29) is 0 Å². The van der Waals surface area contributed by atoms with Crippen LogP contribution in [-0.2, 0) is 0 Å². The maximum Gasteiger partial charge on any atom is 0.238 e. The zero-order valence-electron chi connectivity index (χ0n) is 32.9. The average molecular weight is 782 g/mol. The Kier molecular flexibility index (Phi) is 8.06. The minimum atomic E-state index is 0.529. The lowest BCUT2D eigenvalue weighted by atomic mass is 9.94. The smallest absolute Gasteiger partial charge is 0.238 e. The van der Waals surface area contributed by atoms with Crippen molar-refractivity contribution in [2.75, 3.05) is 4.90 Å². The van der Waals surface area contributed by atoms with Crippen LogP contribution in [0.25, 0.3) is 94.4 Å². The SMILES string of the molecule is c1ccc(-c2nc(-c3ccccc3)nc(-n3c4cc(-c5ccccc5)c5ccccc5c4c4c5oc6cc(N(c7ccccc7)c7ccccc7)ccc6c5ccc43)n2)cc1. The summed E-state index contributed by atoms with van der Waals surface area (Å²) in [4.78, 5) is 17.9. The zero-order chi connectivity index (χ0) is 40.3. The van der Waals surface area contributed by atoms with Gasteiger partial charge in [-0.25, -0.2) is 4.98 Å². The van der Waals surface area contributed by atoms with Crippen molar-refractivity contribution in [3.05, 3.63) is 212 Å². The molecule has 0 saturated carbocycles. The molecule has 0 spiro atoms. The number of furan rings is 1. The van der Waals surface area contributed by atoms with Crippen LogP contribution in [0.2, 0.25) is 0 Å². The second-order valence-electron chi connectivity index (χ2n) is 15.2. The molecule has 0 radical (unpaired) electrons. The predicted molar refractivity (Wildman–Crippen MR) is 250 cm³/mol. The normalized spacial score (nSPS) is 11.6. The summed E-state index contributed by atoms with van der Waals surface area (Å²) in [6, 6.07) is 73.7. The Morgan fingerprint density at radius 2 is 0.902 bits per heavy atom. The molecule has 0 aliphatic heterocycles. The maximum atomic E-state index is 7.14. The third-order valence-corrected chi connectivity index (χ3v) is 11.6. The fraction of sp³-hybridized carbons (Fsp3) is 0. The molecule has 12 aromatic rings. The highest BCUT2D eigenvalue weighted by Gasteiger charge is 2.25. The summed E-state index contributed by atoms with van der Waals surface area (Å²) in [5, 5.41) is 6.45. The molecular weight excluding hydrogens is 747 g/mol. The fourth-order valence-electron chi connectivity index (χ4n) is 8.89. The van der Waals surface area contributed by atoms with Gasteiger partial charge in [-0.15, -0.1) is 0 Å². The van der Waals surface area contributed by atoms with Gasteiger partial charge in [-0.3, -0.25) is 4.57 Å². The molecule has 0 fully saturated rings. The molecule has 6 heteroatoms. The standard InChI is InChI=1S/C55H35N5O/c1-6-18-36(19-7-1)46-35-48-50(44-29-17-16-28-42(44)46)51-47(60(48)55-57-53(37-20-8-2-9-21-37)56-54(58-55)38-22-10-3-11-23-38)33-32-45-43-31-30-41(34-49(43)61-52(45)51)59(39-24-12-4-13-25-39)40-26-14-5-15-27-40/h1-35H. The molecule has 6 nitrogen and oxygen atoms in total. The predicted octanol–water partition coefficient (Wildman–Crippen LogP) is 14.5. The van der Waals surface area contributed by atoms with E-state index in [1.54, 1.807) is 0 Å². The van der Waals surface area contributed by atoms with Crippen LogP contribution in [0.4, 0.5) is 17.1 Å². The molecule has 3 aromatic heterocycles. The number of hydrogen-bond acceptors (Lipinski definition) is 5. The van der Waals surface area contributed by atoms with E-state index < -0.39 is 0 Å². The van der Waals surface area contributed by atoms with Crippen LogP contribution in [0.15, 0.2) is 217 Å². The van der Waals surface area contributed by atoms with E-state index in [4.69, 9.17) is 19.4 Å². The first kappa shape index (κ1) is 34.7. The Hall–Kier alpha value is -8.35. The lowest BCUT2D eigenvalue weighted by molar-refractivity contribution is 0.673. The number of rotatable bonds is 7. The largest absolute Gasteiger partial charge is 0.455 e. The molecule has 9 aromatic carbocycles. The quantitative estimate of drug-likeness (QED) is 0.161. The van der Waals surface area contributed by atoms with Crippen LogP contribution in [0, 0.1) is 0 Å². The number of benzene rings is 9. The Labute approximate surface area is 351 Å². The third-order valence-electron chi connectivity index (χ3n) is 11.6. The number of fused-ring (bicyclic) bond motifs is 9. The zero-order valence-corrected chi connectivity index (χ0v) is 32.9. The number of anilines is 3. The van der Waals surface area contributed by atoms with Crippen molar-refractivity contribution in [2.45, 2.75) is 0 Å². The Morgan fingerprint density at radius 1 is 0.377 bits per heavy atom. The minimum Gasteiger partial charge on any atom is -0.455 e. The molecule has 0 aliphatic rings. The molecule has 0 atom stereocenters. The summed E-state index contributed by atoms with van der Waals surface area (Å²) < 4.78 is 9.35. The average Bonchev–Trinajstić information content (AvgIpc) is 3.88. The molecule has 12 rings (SSSR count). The van der Waals surface area contributed by atoms with Crippen molar-refractivity contribution < 1.29 is 4.42 Å². The van der Waals surface area contributed by atoms with Crippen LogP contribution < -0.4 is 4.90 Å². The Bertz CT molecular complexity index is 3470. The topological polar surface area (TPSA) is 60.0 Å². The van der Waals surface area contributed by atoms with Crippen molar-refractivity contribution >= 4 is 71.6 Å². The van der Waals surface area contributed by atoms with Crippen LogP contribution in [0.5, 0.6) is 0 Å². The molecule has 286 valence electrons. The van der Waals surface area contributed by atoms with E-state index in [1.807, 2.05) is 72.8 Å². The van der Waals surface area contributed by atoms with Crippen molar-refractivity contribution in [1.29, 1.82) is 0 Å². The van der Waals surface area contributed by atoms with Crippen LogP contribution >= 0.6 is 0 Å². The van der Waals surface area contributed by atoms with Crippen molar-refractivity contribution in [3.8, 4) is 39.9 Å². The first-order chi connectivity index (χ1) is 30.3. The summed E-state index contributed by atoms with van der Waals surface area (Å²) >= 11 is 0. The van der Waals surface area contributed by atoms with Crippen molar-refractivity contribution in [3.63, 3.8) is 0 Å². The number of hydrogen-bond donors (Lipinski definition) is 0. The molecular formula is C55H35N5O. The molecule has 0 unspecified atom stereocenters. The monoisotopic (exact) mass is 781 g/mol. The van der Waals surface area contributed by atoms with E-state index >= 15 is 0 Å². The van der Waals surface area contributed by atoms with Gasteiger partial charge in [-0.05, 0) is 76.5 Å². The first-order valence-electron chi connectivity index (χ1n) is 20.4. The highest BCUT2D eigenvalue weighted by atomic mass is 16.3. The minimum absolute atomic E-state index is 0.529. The summed E-state index contributed by atoms with van der Waals surface area (Å²) in [7, 11) is 0. The van der Waals surface area contributed by atoms with E-state index in [1.165, 1.54) is 0 Å². The third kappa shape index (κ3) is 5.76. The molecule has 0 saturated heterocycles. The van der Waals surface area contributed by atoms with Gasteiger partial charge in [0, 0.05) is 50.4 Å². The van der Waals surface area contributed by atoms with Gasteiger partial charge in [0.05, 0.1) is 16.4 Å². The molecule has 61 heavy (non-hydrogen) atoms. The summed E-state index contributed by atoms with van der Waals surface area (Å²) in [6.45, 7) is 0. The van der Waals surface area contributed by atoms with Crippen LogP contribution in [0.3, 0.4) is 0 Å². The van der Waals surface area contributed by atoms with Gasteiger partial charge in [0.15, 0.2) is 11.6 Å². The Balaban J connectivity index is 1.18. The molecule has 0 N–H and O–H groups in total. The second-order valence-corrected chi connectivity index (χ2v) is 15.2. The number of para-hydroxylation sites is 2. The van der Waals surface area contributed by atoms with Gasteiger partial charge in [0.2, 0.25) is 5.95 Å². The van der Waals surface area contributed by atoms with Gasteiger partial charge in [0.25, 0.3) is 0 Å². The van der Waals surface area contributed by atoms with Gasteiger partial charge in [-0.1, -0.05) is 152 Å². The molecule has 0 aliphatic carbocycles. The van der Waals surface area contributed by atoms with Crippen LogP contribution in [0.1, 0.15) is 0 Å². The molecule has 3 heterocycles. The maximum absolute atomic E-state index is 7.14. The van der Waals surface area contributed by atoms with Gasteiger partial charge >= 0.3 is 0 Å². The lowest BCUT2D eigenvalue weighted by Crippen LogP contribution is -2.09. The molecule has 0 bridgehead atoms. The number of nitrogens with zero attached hydrogens (tertiary/aromatic N) is 5. The van der Waals surface area contributed by atoms with Crippen molar-refractivity contribution in [1.82, 2.24) is 19.5 Å². The lowest BCUT2D eigenvalue weighted by Gasteiger charge is -2.25. The van der Waals surface area contributed by atoms with E-state index in [0.29, 0.717) is 17.6 Å². The van der Waals surface area contributed by atoms with Gasteiger partial charge in [-0.2, -0.15) is 9.97 Å². The summed E-state index contributed by atoms with van der Waals surface area (Å²) in [6.07, 6.45) is 0. The highest BCUT2D eigenvalue weighted by Crippen LogP contribution is 2.46. The summed E-state index contributed by atoms with van der Waals surface area (Å²) in [5.41, 5.74) is 10.8. The summed E-state index contributed by atoms with van der Waals surface area (Å²) in [5.74, 6) is 1.73. The van der Waals surface area contributed by atoms with Crippen LogP contribution in [-0.4, -0.2) is 19.5 Å². The molecule has 0 amide bonds. The second kappa shape index (κ2) is 14.2.